The number of fused-ring (bicyclic) bond motifs is 1. The predicted molar refractivity (Wildman–Crippen MR) is 148 cm³/mol. The number of carbonyl (C=O) groups excluding carboxylic acids is 1. The number of amides is 1. The lowest BCUT2D eigenvalue weighted by molar-refractivity contribution is -0.119. The molecule has 4 aromatic rings. The van der Waals surface area contributed by atoms with Crippen LogP contribution in [0.25, 0.3) is 11.0 Å². The van der Waals surface area contributed by atoms with Crippen molar-refractivity contribution in [3.63, 3.8) is 0 Å². The number of ether oxygens (including phenoxy) is 1. The second kappa shape index (κ2) is 10.3. The average molecular weight is 553 g/mol. The molecule has 0 radical (unpaired) electrons. The van der Waals surface area contributed by atoms with Crippen LogP contribution in [0.1, 0.15) is 12.8 Å². The van der Waals surface area contributed by atoms with Gasteiger partial charge in [0.2, 0.25) is 5.91 Å². The Labute approximate surface area is 224 Å². The highest BCUT2D eigenvalue weighted by Gasteiger charge is 2.30. The molecule has 196 valence electrons. The summed E-state index contributed by atoms with van der Waals surface area (Å²) in [4.78, 5) is 22.8. The second-order valence-electron chi connectivity index (χ2n) is 8.74. The zero-order chi connectivity index (χ0) is 26.9. The van der Waals surface area contributed by atoms with Gasteiger partial charge in [0.25, 0.3) is 10.0 Å². The van der Waals surface area contributed by atoms with Gasteiger partial charge in [-0.1, -0.05) is 29.8 Å². The number of benzene rings is 3. The van der Waals surface area contributed by atoms with Gasteiger partial charge in [-0.3, -0.25) is 9.52 Å². The van der Waals surface area contributed by atoms with Gasteiger partial charge in [0.05, 0.1) is 33.7 Å². The molecule has 1 atom stereocenters. The Bertz CT molecular complexity index is 1630. The van der Waals surface area contributed by atoms with E-state index >= 15 is 0 Å². The SMILES string of the molecule is COc1ccc(Cl)c(Nc2nc3ccccc3nc2NS(=O)(=O)c2cccc(N3CCC[C@H]3C(N)=O)c2)c1. The van der Waals surface area contributed by atoms with Crippen molar-refractivity contribution in [1.29, 1.82) is 0 Å². The van der Waals surface area contributed by atoms with Crippen LogP contribution in [0.15, 0.2) is 71.6 Å². The number of hydrogen-bond acceptors (Lipinski definition) is 8. The molecule has 0 saturated carbocycles. The highest BCUT2D eigenvalue weighted by Crippen LogP contribution is 2.33. The minimum absolute atomic E-state index is 0.00504. The summed E-state index contributed by atoms with van der Waals surface area (Å²) >= 11 is 6.37. The van der Waals surface area contributed by atoms with E-state index in [0.717, 1.165) is 6.42 Å². The number of nitrogens with zero attached hydrogens (tertiary/aromatic N) is 3. The first-order valence-corrected chi connectivity index (χ1v) is 13.7. The maximum absolute atomic E-state index is 13.5. The second-order valence-corrected chi connectivity index (χ2v) is 10.8. The Morgan fingerprint density at radius 1 is 1.05 bits per heavy atom. The van der Waals surface area contributed by atoms with E-state index in [1.807, 2.05) is 11.0 Å². The molecule has 10 nitrogen and oxygen atoms in total. The monoisotopic (exact) mass is 552 g/mol. The van der Waals surface area contributed by atoms with Gasteiger partial charge in [-0.25, -0.2) is 18.4 Å². The average Bonchev–Trinajstić information content (AvgIpc) is 3.41. The summed E-state index contributed by atoms with van der Waals surface area (Å²) in [5, 5.41) is 3.47. The number of rotatable bonds is 8. The van der Waals surface area contributed by atoms with E-state index in [0.29, 0.717) is 46.1 Å². The summed E-state index contributed by atoms with van der Waals surface area (Å²) in [5.74, 6) is 0.268. The normalized spacial score (nSPS) is 15.4. The van der Waals surface area contributed by atoms with Crippen LogP contribution in [0.4, 0.5) is 23.0 Å². The van der Waals surface area contributed by atoms with E-state index in [2.05, 4.69) is 20.0 Å². The molecule has 4 N–H and O–H groups in total. The fourth-order valence-corrected chi connectivity index (χ4v) is 5.61. The molecule has 0 aliphatic carbocycles. The van der Waals surface area contributed by atoms with Gasteiger partial charge < -0.3 is 20.7 Å². The van der Waals surface area contributed by atoms with Crippen LogP contribution in [-0.4, -0.2) is 44.0 Å². The molecule has 2 heterocycles. The first kappa shape index (κ1) is 25.6. The van der Waals surface area contributed by atoms with Crippen LogP contribution >= 0.6 is 11.6 Å². The summed E-state index contributed by atoms with van der Waals surface area (Å²) in [5.41, 5.74) is 7.68. The van der Waals surface area contributed by atoms with E-state index in [1.165, 1.54) is 19.2 Å². The lowest BCUT2D eigenvalue weighted by Gasteiger charge is -2.24. The molecule has 1 aliphatic heterocycles. The third-order valence-corrected chi connectivity index (χ3v) is 7.94. The van der Waals surface area contributed by atoms with E-state index in [9.17, 15) is 13.2 Å². The van der Waals surface area contributed by atoms with Crippen molar-refractivity contribution in [1.82, 2.24) is 9.97 Å². The number of nitrogens with one attached hydrogen (secondary N) is 2. The molecule has 0 spiro atoms. The standard InChI is InChI=1S/C26H25ClN6O4S/c1-37-17-11-12-19(27)22(15-17)31-25-26(30-21-9-3-2-8-20(21)29-25)32-38(35,36)18-7-4-6-16(14-18)33-13-5-10-23(33)24(28)34/h2-4,6-9,11-12,14-15,23H,5,10,13H2,1H3,(H2,28,34)(H,29,31)(H,30,32)/t23-/m0/s1. The van der Waals surface area contributed by atoms with E-state index in [4.69, 9.17) is 22.1 Å². The minimum atomic E-state index is -4.10. The molecule has 5 rings (SSSR count). The topological polar surface area (TPSA) is 140 Å². The fourth-order valence-electron chi connectivity index (χ4n) is 4.40. The van der Waals surface area contributed by atoms with Crippen LogP contribution in [0.3, 0.4) is 0 Å². The smallest absolute Gasteiger partial charge is 0.263 e. The first-order chi connectivity index (χ1) is 18.2. The summed E-state index contributed by atoms with van der Waals surface area (Å²) in [6.45, 7) is 0.607. The van der Waals surface area contributed by atoms with Gasteiger partial charge >= 0.3 is 0 Å². The van der Waals surface area contributed by atoms with Gasteiger partial charge in [-0.15, -0.1) is 0 Å². The van der Waals surface area contributed by atoms with E-state index < -0.39 is 22.0 Å². The molecule has 1 fully saturated rings. The van der Waals surface area contributed by atoms with Crippen molar-refractivity contribution in [2.75, 3.05) is 28.6 Å². The highest BCUT2D eigenvalue weighted by molar-refractivity contribution is 7.92. The van der Waals surface area contributed by atoms with Crippen LogP contribution < -0.4 is 25.4 Å². The Morgan fingerprint density at radius 2 is 1.79 bits per heavy atom. The number of carbonyl (C=O) groups is 1. The predicted octanol–water partition coefficient (Wildman–Crippen LogP) is 4.29. The fraction of sp³-hybridized carbons (Fsp3) is 0.192. The van der Waals surface area contributed by atoms with Gasteiger partial charge in [-0.2, -0.15) is 0 Å². The van der Waals surface area contributed by atoms with Crippen molar-refractivity contribution in [3.05, 3.63) is 71.8 Å². The van der Waals surface area contributed by atoms with Crippen LogP contribution in [0.5, 0.6) is 5.75 Å². The molecule has 12 heteroatoms. The largest absolute Gasteiger partial charge is 0.497 e. The maximum atomic E-state index is 13.5. The maximum Gasteiger partial charge on any atom is 0.263 e. The third-order valence-electron chi connectivity index (χ3n) is 6.27. The number of hydrogen-bond donors (Lipinski definition) is 3. The number of primary amides is 1. The number of para-hydroxylation sites is 2. The van der Waals surface area contributed by atoms with Gasteiger partial charge in [-0.05, 0) is 55.3 Å². The Hall–Kier alpha value is -4.09. The minimum Gasteiger partial charge on any atom is -0.497 e. The van der Waals surface area contributed by atoms with Crippen molar-refractivity contribution < 1.29 is 17.9 Å². The van der Waals surface area contributed by atoms with Crippen LogP contribution in [0, 0.1) is 0 Å². The Balaban J connectivity index is 1.52. The van der Waals surface area contributed by atoms with Crippen molar-refractivity contribution in [3.8, 4) is 5.75 Å². The quantitative estimate of drug-likeness (QED) is 0.294. The molecule has 0 unspecified atom stereocenters. The van der Waals surface area contributed by atoms with Crippen LogP contribution in [0.2, 0.25) is 5.02 Å². The van der Waals surface area contributed by atoms with E-state index in [-0.39, 0.29) is 16.5 Å². The van der Waals surface area contributed by atoms with Gasteiger partial charge in [0.15, 0.2) is 11.6 Å². The van der Waals surface area contributed by atoms with Crippen molar-refractivity contribution in [2.45, 2.75) is 23.8 Å². The van der Waals surface area contributed by atoms with Gasteiger partial charge in [0, 0.05) is 18.3 Å². The molecule has 0 bridgehead atoms. The third kappa shape index (κ3) is 5.15. The van der Waals surface area contributed by atoms with Gasteiger partial charge in [0.1, 0.15) is 11.8 Å². The molecule has 1 aliphatic rings. The molecular weight excluding hydrogens is 528 g/mol. The number of halogens is 1. The Kier molecular flexibility index (Phi) is 6.96. The summed E-state index contributed by atoms with van der Waals surface area (Å²) < 4.78 is 34.9. The summed E-state index contributed by atoms with van der Waals surface area (Å²) in [7, 11) is -2.57. The molecule has 38 heavy (non-hydrogen) atoms. The van der Waals surface area contributed by atoms with Crippen LogP contribution in [-0.2, 0) is 14.8 Å². The summed E-state index contributed by atoms with van der Waals surface area (Å²) in [6, 6.07) is 18.0. The molecular formula is C26H25ClN6O4S. The summed E-state index contributed by atoms with van der Waals surface area (Å²) in [6.07, 6.45) is 1.41. The lowest BCUT2D eigenvalue weighted by atomic mass is 10.2. The Morgan fingerprint density at radius 3 is 2.50 bits per heavy atom. The number of aromatic nitrogens is 2. The molecule has 3 aromatic carbocycles. The van der Waals surface area contributed by atoms with Crippen molar-refractivity contribution >= 4 is 61.6 Å². The number of nitrogens with two attached hydrogens (primary N) is 1. The highest BCUT2D eigenvalue weighted by atomic mass is 35.5. The molecule has 1 aromatic heterocycles. The lowest BCUT2D eigenvalue weighted by Crippen LogP contribution is -2.40. The zero-order valence-corrected chi connectivity index (χ0v) is 22.0. The zero-order valence-electron chi connectivity index (χ0n) is 20.4. The van der Waals surface area contributed by atoms with Crippen molar-refractivity contribution in [2.24, 2.45) is 5.73 Å². The number of anilines is 4. The molecule has 1 amide bonds. The first-order valence-electron chi connectivity index (χ1n) is 11.8. The number of methoxy groups -OCH3 is 1. The van der Waals surface area contributed by atoms with E-state index in [1.54, 1.807) is 48.5 Å². The number of sulfonamides is 1. The molecule has 1 saturated heterocycles.